The van der Waals surface area contributed by atoms with Gasteiger partial charge in [-0.3, -0.25) is 19.7 Å². The van der Waals surface area contributed by atoms with E-state index in [4.69, 9.17) is 0 Å². The molecule has 1 aliphatic carbocycles. The predicted molar refractivity (Wildman–Crippen MR) is 104 cm³/mol. The Labute approximate surface area is 159 Å². The van der Waals surface area contributed by atoms with Gasteiger partial charge in [0.05, 0.1) is 16.1 Å². The number of amides is 2. The maximum absolute atomic E-state index is 12.7. The molecule has 1 fully saturated rings. The Morgan fingerprint density at radius 3 is 2.50 bits per heavy atom. The van der Waals surface area contributed by atoms with Gasteiger partial charge in [0.25, 0.3) is 0 Å². The lowest BCUT2D eigenvalue weighted by Crippen LogP contribution is -2.30. The van der Waals surface area contributed by atoms with E-state index in [1.54, 1.807) is 30.5 Å². The summed E-state index contributed by atoms with van der Waals surface area (Å²) in [5.41, 5.74) is 0.827. The summed E-state index contributed by atoms with van der Waals surface area (Å²) in [4.78, 5) is 41.1. The Kier molecular flexibility index (Phi) is 6.05. The van der Waals surface area contributed by atoms with Gasteiger partial charge in [-0.2, -0.15) is 0 Å². The molecule has 0 bridgehead atoms. The molecule has 0 radical (unpaired) electrons. The van der Waals surface area contributed by atoms with E-state index in [0.717, 1.165) is 29.9 Å². The van der Waals surface area contributed by atoms with E-state index < -0.39 is 11.8 Å². The highest BCUT2D eigenvalue weighted by Crippen LogP contribution is 2.30. The number of ketones is 1. The maximum Gasteiger partial charge on any atom is 0.315 e. The van der Waals surface area contributed by atoms with Crippen LogP contribution in [0.1, 0.15) is 36.0 Å². The summed E-state index contributed by atoms with van der Waals surface area (Å²) in [5, 5.41) is 5.40. The monoisotopic (exact) mass is 389 g/mol. The number of nitrogens with zero attached hydrogens (tertiary/aromatic N) is 1. The highest BCUT2D eigenvalue weighted by molar-refractivity contribution is 8.00. The van der Waals surface area contributed by atoms with Gasteiger partial charge in [-0.25, -0.2) is 4.98 Å². The van der Waals surface area contributed by atoms with Gasteiger partial charge in [0.2, 0.25) is 0 Å². The molecule has 1 saturated carbocycles. The molecule has 0 unspecified atom stereocenters. The number of anilines is 2. The minimum atomic E-state index is -0.822. The van der Waals surface area contributed by atoms with Crippen LogP contribution in [0.15, 0.2) is 34.7 Å². The van der Waals surface area contributed by atoms with Crippen LogP contribution in [0.2, 0.25) is 0 Å². The molecule has 26 heavy (non-hydrogen) atoms. The van der Waals surface area contributed by atoms with Gasteiger partial charge < -0.3 is 5.32 Å². The highest BCUT2D eigenvalue weighted by Gasteiger charge is 2.26. The Hall–Kier alpha value is -2.19. The van der Waals surface area contributed by atoms with E-state index in [2.05, 4.69) is 15.6 Å². The number of para-hydroxylation sites is 1. The number of rotatable bonds is 5. The van der Waals surface area contributed by atoms with Crippen LogP contribution in [-0.2, 0) is 9.59 Å². The molecule has 1 heterocycles. The first-order chi connectivity index (χ1) is 12.6. The summed E-state index contributed by atoms with van der Waals surface area (Å²) in [6.07, 6.45) is 7.41. The van der Waals surface area contributed by atoms with Crippen molar-refractivity contribution in [2.75, 3.05) is 16.9 Å². The first-order valence-electron chi connectivity index (χ1n) is 8.34. The van der Waals surface area contributed by atoms with Crippen molar-refractivity contribution < 1.29 is 14.4 Å². The largest absolute Gasteiger partial charge is 0.317 e. The number of nitrogens with one attached hydrogen (secondary N) is 2. The van der Waals surface area contributed by atoms with Gasteiger partial charge in [0.15, 0.2) is 10.9 Å². The normalized spacial score (nSPS) is 14.2. The average Bonchev–Trinajstić information content (AvgIpc) is 3.33. The molecule has 3 rings (SSSR count). The third kappa shape index (κ3) is 4.31. The summed E-state index contributed by atoms with van der Waals surface area (Å²) >= 11 is 2.81. The second-order valence-corrected chi connectivity index (χ2v) is 8.13. The first kappa shape index (κ1) is 18.6. The fourth-order valence-electron chi connectivity index (χ4n) is 2.96. The molecule has 6 nitrogen and oxygen atoms in total. The van der Waals surface area contributed by atoms with E-state index >= 15 is 0 Å². The molecular formula is C18H19N3O3S2. The fourth-order valence-corrected chi connectivity index (χ4v) is 4.23. The smallest absolute Gasteiger partial charge is 0.315 e. The van der Waals surface area contributed by atoms with Crippen LogP contribution in [0.25, 0.3) is 0 Å². The molecule has 0 aliphatic heterocycles. The van der Waals surface area contributed by atoms with E-state index in [9.17, 15) is 14.4 Å². The SMILES string of the molecule is CSc1cnc(NC(=O)C(=O)Nc2ccccc2C(=O)C2CCCC2)s1. The van der Waals surface area contributed by atoms with Gasteiger partial charge in [-0.15, -0.1) is 11.8 Å². The van der Waals surface area contributed by atoms with Crippen LogP contribution in [0.3, 0.4) is 0 Å². The number of benzene rings is 1. The first-order valence-corrected chi connectivity index (χ1v) is 10.4. The van der Waals surface area contributed by atoms with Gasteiger partial charge >= 0.3 is 11.8 Å². The third-order valence-electron chi connectivity index (χ3n) is 4.28. The maximum atomic E-state index is 12.7. The lowest BCUT2D eigenvalue weighted by molar-refractivity contribution is -0.133. The number of thioether (sulfide) groups is 1. The molecule has 2 amide bonds. The van der Waals surface area contributed by atoms with Crippen molar-refractivity contribution in [2.24, 2.45) is 5.92 Å². The minimum Gasteiger partial charge on any atom is -0.317 e. The minimum absolute atomic E-state index is 0.00200. The molecule has 2 aromatic rings. The summed E-state index contributed by atoms with van der Waals surface area (Å²) in [6.45, 7) is 0. The molecular weight excluding hydrogens is 370 g/mol. The lowest BCUT2D eigenvalue weighted by atomic mass is 9.95. The zero-order chi connectivity index (χ0) is 18.5. The second kappa shape index (κ2) is 8.46. The van der Waals surface area contributed by atoms with Gasteiger partial charge in [0, 0.05) is 11.5 Å². The molecule has 0 atom stereocenters. The summed E-state index contributed by atoms with van der Waals surface area (Å²) in [5.74, 6) is -1.60. The van der Waals surface area contributed by atoms with E-state index in [1.165, 1.54) is 23.1 Å². The summed E-state index contributed by atoms with van der Waals surface area (Å²) < 4.78 is 0.938. The number of thiazole rings is 1. The van der Waals surface area contributed by atoms with Crippen LogP contribution in [-0.4, -0.2) is 28.8 Å². The van der Waals surface area contributed by atoms with E-state index in [0.29, 0.717) is 16.4 Å². The molecule has 1 aromatic heterocycles. The van der Waals surface area contributed by atoms with Crippen molar-refractivity contribution >= 4 is 51.5 Å². The van der Waals surface area contributed by atoms with Crippen LogP contribution in [0, 0.1) is 5.92 Å². The number of hydrogen-bond acceptors (Lipinski definition) is 6. The Morgan fingerprint density at radius 2 is 1.81 bits per heavy atom. The molecule has 8 heteroatoms. The number of Topliss-reactive ketones (excluding diaryl/α,β-unsaturated/α-hetero) is 1. The standard InChI is InChI=1S/C18H19N3O3S2/c1-25-14-10-19-18(26-14)21-17(24)16(23)20-13-9-5-4-8-12(13)15(22)11-6-2-3-7-11/h4-5,8-11H,2-3,6-7H2,1H3,(H,20,23)(H,19,21,24). The Balaban J connectivity index is 1.68. The van der Waals surface area contributed by atoms with Gasteiger partial charge in [-0.05, 0) is 31.2 Å². The molecule has 2 N–H and O–H groups in total. The summed E-state index contributed by atoms with van der Waals surface area (Å²) in [6, 6.07) is 6.82. The highest BCUT2D eigenvalue weighted by atomic mass is 32.2. The molecule has 0 saturated heterocycles. The second-order valence-electron chi connectivity index (χ2n) is 5.99. The van der Waals surface area contributed by atoms with Crippen molar-refractivity contribution in [2.45, 2.75) is 29.9 Å². The van der Waals surface area contributed by atoms with Crippen molar-refractivity contribution in [1.82, 2.24) is 4.98 Å². The van der Waals surface area contributed by atoms with Crippen LogP contribution < -0.4 is 10.6 Å². The van der Waals surface area contributed by atoms with Crippen LogP contribution in [0.4, 0.5) is 10.8 Å². The average molecular weight is 390 g/mol. The molecule has 0 spiro atoms. The van der Waals surface area contributed by atoms with Crippen molar-refractivity contribution in [1.29, 1.82) is 0 Å². The van der Waals surface area contributed by atoms with Gasteiger partial charge in [0.1, 0.15) is 0 Å². The van der Waals surface area contributed by atoms with E-state index in [1.807, 2.05) is 6.26 Å². The van der Waals surface area contributed by atoms with Crippen LogP contribution in [0.5, 0.6) is 0 Å². The van der Waals surface area contributed by atoms with Crippen molar-refractivity contribution in [3.05, 3.63) is 36.0 Å². The quantitative estimate of drug-likeness (QED) is 0.461. The third-order valence-corrected chi connectivity index (χ3v) is 6.24. The van der Waals surface area contributed by atoms with Crippen molar-refractivity contribution in [3.63, 3.8) is 0 Å². The summed E-state index contributed by atoms with van der Waals surface area (Å²) in [7, 11) is 0. The Morgan fingerprint density at radius 1 is 1.12 bits per heavy atom. The fraction of sp³-hybridized carbons (Fsp3) is 0.333. The topological polar surface area (TPSA) is 88.2 Å². The zero-order valence-corrected chi connectivity index (χ0v) is 15.9. The molecule has 1 aromatic carbocycles. The van der Waals surface area contributed by atoms with Crippen LogP contribution >= 0.6 is 23.1 Å². The number of carbonyl (C=O) groups is 3. The van der Waals surface area contributed by atoms with Gasteiger partial charge in [-0.1, -0.05) is 36.3 Å². The predicted octanol–water partition coefficient (Wildman–Crippen LogP) is 3.82. The zero-order valence-electron chi connectivity index (χ0n) is 14.3. The Bertz CT molecular complexity index is 829. The molecule has 136 valence electrons. The molecule has 1 aliphatic rings. The number of hydrogen-bond donors (Lipinski definition) is 2. The number of carbonyl (C=O) groups excluding carboxylic acids is 3. The van der Waals surface area contributed by atoms with Crippen molar-refractivity contribution in [3.8, 4) is 0 Å². The lowest BCUT2D eigenvalue weighted by Gasteiger charge is -2.13. The number of aromatic nitrogens is 1. The van der Waals surface area contributed by atoms with E-state index in [-0.39, 0.29) is 11.7 Å².